The summed E-state index contributed by atoms with van der Waals surface area (Å²) in [7, 11) is 0. The van der Waals surface area contributed by atoms with Crippen LogP contribution < -0.4 is 10.6 Å². The summed E-state index contributed by atoms with van der Waals surface area (Å²) in [6.45, 7) is 5.25. The summed E-state index contributed by atoms with van der Waals surface area (Å²) in [6.07, 6.45) is 0. The lowest BCUT2D eigenvalue weighted by Crippen LogP contribution is -2.50. The van der Waals surface area contributed by atoms with E-state index >= 15 is 0 Å². The Morgan fingerprint density at radius 2 is 1.85 bits per heavy atom. The van der Waals surface area contributed by atoms with Gasteiger partial charge >= 0.3 is 12.0 Å². The Morgan fingerprint density at radius 3 is 2.35 bits per heavy atom. The predicted octanol–water partition coefficient (Wildman–Crippen LogP) is 3.83. The molecule has 0 aliphatic carbocycles. The van der Waals surface area contributed by atoms with E-state index in [0.29, 0.717) is 10.2 Å². The van der Waals surface area contributed by atoms with Gasteiger partial charge in [0.15, 0.2) is 0 Å². The predicted molar refractivity (Wildman–Crippen MR) is 84.9 cm³/mol. The highest BCUT2D eigenvalue weighted by Crippen LogP contribution is 2.26. The van der Waals surface area contributed by atoms with E-state index in [1.807, 2.05) is 6.07 Å². The number of urea groups is 1. The van der Waals surface area contributed by atoms with Crippen LogP contribution in [0, 0.1) is 5.41 Å². The van der Waals surface area contributed by atoms with Gasteiger partial charge in [-0.15, -0.1) is 0 Å². The number of halogens is 2. The van der Waals surface area contributed by atoms with Crippen LogP contribution in [0.5, 0.6) is 0 Å². The lowest BCUT2D eigenvalue weighted by atomic mass is 9.87. The van der Waals surface area contributed by atoms with Crippen LogP contribution in [0.15, 0.2) is 27.1 Å². The number of anilines is 1. The zero-order valence-corrected chi connectivity index (χ0v) is 14.5. The van der Waals surface area contributed by atoms with Crippen molar-refractivity contribution in [2.45, 2.75) is 26.8 Å². The van der Waals surface area contributed by atoms with Crippen LogP contribution in [0.4, 0.5) is 10.5 Å². The van der Waals surface area contributed by atoms with Crippen molar-refractivity contribution < 1.29 is 14.7 Å². The van der Waals surface area contributed by atoms with Gasteiger partial charge in [0.25, 0.3) is 0 Å². The standard InChI is InChI=1S/C13H16Br2N2O3/c1-13(2,3)10(11(18)19)17-12(20)16-9-6-7(14)4-5-8(9)15/h4-6,10H,1-3H3,(H,18,19)(H2,16,17,20). The summed E-state index contributed by atoms with van der Waals surface area (Å²) >= 11 is 6.62. The molecule has 2 amide bonds. The number of aliphatic carboxylic acids is 1. The zero-order chi connectivity index (χ0) is 15.5. The van der Waals surface area contributed by atoms with Crippen molar-refractivity contribution >= 4 is 49.5 Å². The van der Waals surface area contributed by atoms with Crippen molar-refractivity contribution in [1.29, 1.82) is 0 Å². The lowest BCUT2D eigenvalue weighted by Gasteiger charge is -2.27. The van der Waals surface area contributed by atoms with Crippen molar-refractivity contribution in [2.24, 2.45) is 5.41 Å². The average molecular weight is 408 g/mol. The fraction of sp³-hybridized carbons (Fsp3) is 0.385. The molecule has 0 heterocycles. The van der Waals surface area contributed by atoms with Gasteiger partial charge in [0, 0.05) is 8.95 Å². The topological polar surface area (TPSA) is 78.4 Å². The van der Waals surface area contributed by atoms with Crippen LogP contribution >= 0.6 is 31.9 Å². The van der Waals surface area contributed by atoms with Crippen molar-refractivity contribution in [3.8, 4) is 0 Å². The van der Waals surface area contributed by atoms with Gasteiger partial charge in [-0.2, -0.15) is 0 Å². The summed E-state index contributed by atoms with van der Waals surface area (Å²) < 4.78 is 1.51. The van der Waals surface area contributed by atoms with Crippen LogP contribution in [0.1, 0.15) is 20.8 Å². The molecular formula is C13H16Br2N2O3. The van der Waals surface area contributed by atoms with Crippen LogP contribution in [0.3, 0.4) is 0 Å². The van der Waals surface area contributed by atoms with Gasteiger partial charge in [-0.3, -0.25) is 0 Å². The molecule has 1 unspecified atom stereocenters. The fourth-order valence-electron chi connectivity index (χ4n) is 1.53. The number of benzene rings is 1. The zero-order valence-electron chi connectivity index (χ0n) is 11.3. The smallest absolute Gasteiger partial charge is 0.326 e. The summed E-state index contributed by atoms with van der Waals surface area (Å²) in [6, 6.07) is 3.77. The van der Waals surface area contributed by atoms with Gasteiger partial charge in [0.1, 0.15) is 6.04 Å². The molecule has 0 bridgehead atoms. The Kier molecular flexibility index (Phi) is 5.59. The average Bonchev–Trinajstić information content (AvgIpc) is 2.29. The number of carbonyl (C=O) groups excluding carboxylic acids is 1. The van der Waals surface area contributed by atoms with Crippen molar-refractivity contribution in [3.05, 3.63) is 27.1 Å². The number of carbonyl (C=O) groups is 2. The molecule has 20 heavy (non-hydrogen) atoms. The van der Waals surface area contributed by atoms with Crippen LogP contribution in [-0.4, -0.2) is 23.1 Å². The van der Waals surface area contributed by atoms with E-state index in [1.54, 1.807) is 32.9 Å². The number of hydrogen-bond donors (Lipinski definition) is 3. The maximum absolute atomic E-state index is 11.9. The minimum absolute atomic E-state index is 0.551. The molecule has 0 saturated heterocycles. The SMILES string of the molecule is CC(C)(C)C(NC(=O)Nc1cc(Br)ccc1Br)C(=O)O. The van der Waals surface area contributed by atoms with E-state index in [2.05, 4.69) is 42.5 Å². The van der Waals surface area contributed by atoms with E-state index in [-0.39, 0.29) is 0 Å². The van der Waals surface area contributed by atoms with Crippen LogP contribution in [0.25, 0.3) is 0 Å². The second-order valence-electron chi connectivity index (χ2n) is 5.36. The molecule has 0 spiro atoms. The summed E-state index contributed by atoms with van der Waals surface area (Å²) in [4.78, 5) is 23.1. The van der Waals surface area contributed by atoms with Gasteiger partial charge in [-0.05, 0) is 39.5 Å². The molecule has 1 aromatic rings. The Balaban J connectivity index is 2.81. The van der Waals surface area contributed by atoms with Gasteiger partial charge in [-0.25, -0.2) is 9.59 Å². The molecule has 0 aromatic heterocycles. The van der Waals surface area contributed by atoms with Gasteiger partial charge < -0.3 is 15.7 Å². The van der Waals surface area contributed by atoms with Gasteiger partial charge in [-0.1, -0.05) is 36.7 Å². The van der Waals surface area contributed by atoms with Crippen molar-refractivity contribution in [1.82, 2.24) is 5.32 Å². The minimum atomic E-state index is -1.07. The third-order valence-electron chi connectivity index (χ3n) is 2.57. The lowest BCUT2D eigenvalue weighted by molar-refractivity contribution is -0.141. The normalized spacial score (nSPS) is 12.7. The maximum Gasteiger partial charge on any atom is 0.326 e. The Bertz CT molecular complexity index is 527. The first kappa shape index (κ1) is 17.0. The van der Waals surface area contributed by atoms with Crippen molar-refractivity contribution in [3.63, 3.8) is 0 Å². The summed E-state index contributed by atoms with van der Waals surface area (Å²) in [5.74, 6) is -1.07. The largest absolute Gasteiger partial charge is 0.480 e. The maximum atomic E-state index is 11.9. The third-order valence-corrected chi connectivity index (χ3v) is 3.75. The molecule has 7 heteroatoms. The first-order valence-electron chi connectivity index (χ1n) is 5.86. The third kappa shape index (κ3) is 4.79. The fourth-order valence-corrected chi connectivity index (χ4v) is 2.24. The van der Waals surface area contributed by atoms with E-state index in [4.69, 9.17) is 5.11 Å². The number of carboxylic acid groups (broad SMARTS) is 1. The minimum Gasteiger partial charge on any atom is -0.480 e. The number of nitrogens with one attached hydrogen (secondary N) is 2. The van der Waals surface area contributed by atoms with E-state index in [0.717, 1.165) is 4.47 Å². The molecule has 0 fully saturated rings. The second kappa shape index (κ2) is 6.58. The van der Waals surface area contributed by atoms with E-state index in [9.17, 15) is 9.59 Å². The number of hydrogen-bond acceptors (Lipinski definition) is 2. The van der Waals surface area contributed by atoms with Gasteiger partial charge in [0.2, 0.25) is 0 Å². The number of carboxylic acids is 1. The highest BCUT2D eigenvalue weighted by molar-refractivity contribution is 9.11. The number of rotatable bonds is 3. The van der Waals surface area contributed by atoms with Crippen LogP contribution in [-0.2, 0) is 4.79 Å². The van der Waals surface area contributed by atoms with E-state index in [1.165, 1.54) is 0 Å². The van der Waals surface area contributed by atoms with Crippen molar-refractivity contribution in [2.75, 3.05) is 5.32 Å². The van der Waals surface area contributed by atoms with Gasteiger partial charge in [0.05, 0.1) is 5.69 Å². The quantitative estimate of drug-likeness (QED) is 0.712. The Hall–Kier alpha value is -1.08. The summed E-state index contributed by atoms with van der Waals surface area (Å²) in [5, 5.41) is 14.2. The second-order valence-corrected chi connectivity index (χ2v) is 7.13. The molecule has 0 saturated carbocycles. The molecule has 1 aromatic carbocycles. The summed E-state index contributed by atoms with van der Waals surface area (Å²) in [5.41, 5.74) is -0.0348. The molecule has 3 N–H and O–H groups in total. The molecule has 0 radical (unpaired) electrons. The Labute approximate surface area is 134 Å². The monoisotopic (exact) mass is 406 g/mol. The van der Waals surface area contributed by atoms with Crippen LogP contribution in [0.2, 0.25) is 0 Å². The number of amides is 2. The Morgan fingerprint density at radius 1 is 1.25 bits per heavy atom. The van der Waals surface area contributed by atoms with E-state index < -0.39 is 23.5 Å². The molecule has 0 aliphatic heterocycles. The first-order chi connectivity index (χ1) is 9.11. The molecule has 110 valence electrons. The molecular weight excluding hydrogens is 392 g/mol. The molecule has 0 aliphatic rings. The highest BCUT2D eigenvalue weighted by Gasteiger charge is 2.32. The molecule has 1 atom stereocenters. The molecule has 5 nitrogen and oxygen atoms in total. The first-order valence-corrected chi connectivity index (χ1v) is 7.45. The highest BCUT2D eigenvalue weighted by atomic mass is 79.9. The molecule has 1 rings (SSSR count).